The van der Waals surface area contributed by atoms with Gasteiger partial charge in [-0.3, -0.25) is 9.59 Å². The van der Waals surface area contributed by atoms with E-state index >= 15 is 0 Å². The zero-order chi connectivity index (χ0) is 16.4. The smallest absolute Gasteiger partial charge is 0.305 e. The molecule has 0 fully saturated rings. The first kappa shape index (κ1) is 15.1. The number of aliphatic carboxylic acids is 1. The maximum absolute atomic E-state index is 12.3. The van der Waals surface area contributed by atoms with E-state index in [0.717, 1.165) is 16.3 Å². The van der Waals surface area contributed by atoms with Crippen molar-refractivity contribution in [1.82, 2.24) is 4.90 Å². The summed E-state index contributed by atoms with van der Waals surface area (Å²) in [6.07, 6.45) is 0.274. The Hall–Kier alpha value is -2.80. The van der Waals surface area contributed by atoms with Crippen molar-refractivity contribution in [2.45, 2.75) is 19.2 Å². The van der Waals surface area contributed by atoms with E-state index in [4.69, 9.17) is 9.52 Å². The van der Waals surface area contributed by atoms with Crippen molar-refractivity contribution in [2.75, 3.05) is 11.9 Å². The van der Waals surface area contributed by atoms with Crippen molar-refractivity contribution in [2.24, 2.45) is 0 Å². The lowest BCUT2D eigenvalue weighted by Crippen LogP contribution is -2.30. The maximum atomic E-state index is 12.3. The molecule has 3 N–H and O–H groups in total. The molecule has 120 valence electrons. The summed E-state index contributed by atoms with van der Waals surface area (Å²) in [5.74, 6) is -0.614. The van der Waals surface area contributed by atoms with E-state index in [1.165, 1.54) is 0 Å². The second kappa shape index (κ2) is 6.13. The highest BCUT2D eigenvalue weighted by Crippen LogP contribution is 2.33. The van der Waals surface area contributed by atoms with Crippen molar-refractivity contribution < 1.29 is 24.2 Å². The number of carboxylic acids is 1. The summed E-state index contributed by atoms with van der Waals surface area (Å²) in [6.45, 7) is 0.449. The second-order valence-electron chi connectivity index (χ2n) is 5.25. The van der Waals surface area contributed by atoms with E-state index in [-0.39, 0.29) is 18.9 Å². The number of rotatable bonds is 6. The minimum Gasteiger partial charge on any atom is -0.481 e. The maximum Gasteiger partial charge on any atom is 0.305 e. The fourth-order valence-corrected chi connectivity index (χ4v) is 2.55. The van der Waals surface area contributed by atoms with Gasteiger partial charge < -0.3 is 24.8 Å². The second-order valence-corrected chi connectivity index (χ2v) is 5.25. The van der Waals surface area contributed by atoms with Crippen molar-refractivity contribution in [1.29, 1.82) is 0 Å². The number of carbonyl (C=O) groups excluding carboxylic acids is 1. The minimum atomic E-state index is -1.10. The van der Waals surface area contributed by atoms with Gasteiger partial charge in [-0.15, -0.1) is 0 Å². The van der Waals surface area contributed by atoms with Gasteiger partial charge in [-0.1, -0.05) is 6.07 Å². The van der Waals surface area contributed by atoms with Gasteiger partial charge in [-0.2, -0.15) is 0 Å². The quantitative estimate of drug-likeness (QED) is 0.751. The summed E-state index contributed by atoms with van der Waals surface area (Å²) >= 11 is 0. The highest BCUT2D eigenvalue weighted by molar-refractivity contribution is 6.00. The first-order chi connectivity index (χ1) is 11.1. The fraction of sp³-hybridized carbons (Fsp3) is 0.250. The Labute approximate surface area is 132 Å². The SMILES string of the molecule is O=C(O)CCN1C(=O)c2cc(NCc3ccco3)ccc2C1O. The average molecular weight is 316 g/mol. The number of nitrogens with one attached hydrogen (secondary N) is 1. The zero-order valence-electron chi connectivity index (χ0n) is 12.2. The van der Waals surface area contributed by atoms with Crippen LogP contribution in [0.2, 0.25) is 0 Å². The number of benzene rings is 1. The highest BCUT2D eigenvalue weighted by Gasteiger charge is 2.35. The molecule has 1 aliphatic heterocycles. The summed E-state index contributed by atoms with van der Waals surface area (Å²) in [7, 11) is 0. The number of hydrogen-bond acceptors (Lipinski definition) is 5. The van der Waals surface area contributed by atoms with Gasteiger partial charge in [0.15, 0.2) is 6.23 Å². The molecule has 0 saturated heterocycles. The Kier molecular flexibility index (Phi) is 4.03. The molecule has 7 heteroatoms. The molecule has 0 aliphatic carbocycles. The van der Waals surface area contributed by atoms with Crippen LogP contribution in [0.5, 0.6) is 0 Å². The number of furan rings is 1. The van der Waals surface area contributed by atoms with Gasteiger partial charge in [0, 0.05) is 23.4 Å². The molecule has 0 radical (unpaired) electrons. The van der Waals surface area contributed by atoms with Gasteiger partial charge >= 0.3 is 5.97 Å². The molecule has 7 nitrogen and oxygen atoms in total. The molecule has 2 aromatic rings. The Morgan fingerprint density at radius 2 is 2.17 bits per heavy atom. The van der Waals surface area contributed by atoms with Crippen LogP contribution in [-0.2, 0) is 11.3 Å². The topological polar surface area (TPSA) is 103 Å². The van der Waals surface area contributed by atoms with Crippen molar-refractivity contribution in [3.05, 3.63) is 53.5 Å². The Balaban J connectivity index is 1.74. The van der Waals surface area contributed by atoms with Gasteiger partial charge in [0.1, 0.15) is 5.76 Å². The van der Waals surface area contributed by atoms with Gasteiger partial charge in [-0.05, 0) is 24.3 Å². The van der Waals surface area contributed by atoms with Crippen LogP contribution in [0.4, 0.5) is 5.69 Å². The minimum absolute atomic E-state index is 0.0286. The van der Waals surface area contributed by atoms with Crippen LogP contribution >= 0.6 is 0 Å². The Morgan fingerprint density at radius 3 is 2.87 bits per heavy atom. The van der Waals surface area contributed by atoms with E-state index in [2.05, 4.69) is 5.32 Å². The fourth-order valence-electron chi connectivity index (χ4n) is 2.55. The molecule has 1 unspecified atom stereocenters. The Bertz CT molecular complexity index is 726. The number of hydrogen-bond donors (Lipinski definition) is 3. The largest absolute Gasteiger partial charge is 0.481 e. The monoisotopic (exact) mass is 316 g/mol. The third-order valence-electron chi connectivity index (χ3n) is 3.73. The van der Waals surface area contributed by atoms with Crippen LogP contribution in [0.15, 0.2) is 41.0 Å². The van der Waals surface area contributed by atoms with Crippen LogP contribution in [0.25, 0.3) is 0 Å². The number of aliphatic hydroxyl groups excluding tert-OH is 1. The molecule has 1 amide bonds. The van der Waals surface area contributed by atoms with E-state index in [9.17, 15) is 14.7 Å². The summed E-state index contributed by atoms with van der Waals surface area (Å²) in [5, 5.41) is 22.0. The standard InChI is InChI=1S/C16H16N2O5/c19-14(20)5-6-18-15(21)12-4-3-10(8-13(12)16(18)22)17-9-11-2-1-7-23-11/h1-4,7-8,15,17,21H,5-6,9H2,(H,19,20). The number of amides is 1. The third-order valence-corrected chi connectivity index (χ3v) is 3.73. The first-order valence-electron chi connectivity index (χ1n) is 7.17. The number of fused-ring (bicyclic) bond motifs is 1. The van der Waals surface area contributed by atoms with Gasteiger partial charge in [0.2, 0.25) is 0 Å². The van der Waals surface area contributed by atoms with Crippen LogP contribution in [-0.4, -0.2) is 33.5 Å². The number of nitrogens with zero attached hydrogens (tertiary/aromatic N) is 1. The molecule has 1 aliphatic rings. The first-order valence-corrected chi connectivity index (χ1v) is 7.17. The predicted molar refractivity (Wildman–Crippen MR) is 80.7 cm³/mol. The van der Waals surface area contributed by atoms with Gasteiger partial charge in [0.25, 0.3) is 5.91 Å². The molecule has 0 bridgehead atoms. The molecule has 3 rings (SSSR count). The molecule has 23 heavy (non-hydrogen) atoms. The highest BCUT2D eigenvalue weighted by atomic mass is 16.4. The van der Waals surface area contributed by atoms with E-state index in [1.807, 2.05) is 6.07 Å². The third kappa shape index (κ3) is 3.04. The molecule has 2 heterocycles. The average Bonchev–Trinajstić information content (AvgIpc) is 3.12. The number of carboxylic acid groups (broad SMARTS) is 1. The Morgan fingerprint density at radius 1 is 1.35 bits per heavy atom. The van der Waals surface area contributed by atoms with Crippen LogP contribution in [0, 0.1) is 0 Å². The lowest BCUT2D eigenvalue weighted by atomic mass is 10.1. The van der Waals surface area contributed by atoms with Crippen molar-refractivity contribution in [3.63, 3.8) is 0 Å². The summed E-state index contributed by atoms with van der Waals surface area (Å²) < 4.78 is 5.22. The van der Waals surface area contributed by atoms with Crippen LogP contribution in [0.3, 0.4) is 0 Å². The lowest BCUT2D eigenvalue weighted by molar-refractivity contribution is -0.137. The molecule has 0 saturated carbocycles. The van der Waals surface area contributed by atoms with Crippen molar-refractivity contribution >= 4 is 17.6 Å². The molecule has 0 spiro atoms. The van der Waals surface area contributed by atoms with Crippen molar-refractivity contribution in [3.8, 4) is 0 Å². The van der Waals surface area contributed by atoms with Gasteiger partial charge in [-0.25, -0.2) is 0 Å². The molecule has 1 atom stereocenters. The lowest BCUT2D eigenvalue weighted by Gasteiger charge is -2.19. The molecule has 1 aromatic carbocycles. The van der Waals surface area contributed by atoms with E-state index in [0.29, 0.717) is 17.7 Å². The summed E-state index contributed by atoms with van der Waals surface area (Å²) in [4.78, 5) is 24.1. The molecule has 1 aromatic heterocycles. The number of anilines is 1. The number of carbonyl (C=O) groups is 2. The molecular formula is C16H16N2O5. The molecular weight excluding hydrogens is 300 g/mol. The van der Waals surface area contributed by atoms with Crippen LogP contribution < -0.4 is 5.32 Å². The summed E-state index contributed by atoms with van der Waals surface area (Å²) in [5.41, 5.74) is 1.59. The number of aliphatic hydroxyl groups is 1. The van der Waals surface area contributed by atoms with Gasteiger partial charge in [0.05, 0.1) is 19.2 Å². The normalized spacial score (nSPS) is 16.5. The van der Waals surface area contributed by atoms with E-state index in [1.54, 1.807) is 30.5 Å². The summed E-state index contributed by atoms with van der Waals surface area (Å²) in [6, 6.07) is 8.72. The predicted octanol–water partition coefficient (Wildman–Crippen LogP) is 1.81. The van der Waals surface area contributed by atoms with Crippen LogP contribution in [0.1, 0.15) is 34.3 Å². The zero-order valence-corrected chi connectivity index (χ0v) is 12.2. The van der Waals surface area contributed by atoms with E-state index < -0.39 is 12.2 Å².